The number of hydrogen-bond acceptors (Lipinski definition) is 3. The molecule has 0 aliphatic heterocycles. The lowest BCUT2D eigenvalue weighted by molar-refractivity contribution is -0.120. The summed E-state index contributed by atoms with van der Waals surface area (Å²) in [4.78, 5) is 10.8. The molecule has 0 fully saturated rings. The SMILES string of the molecule is CCCNCCOCCCC(=O)NC. The Balaban J connectivity index is 2.95. The van der Waals surface area contributed by atoms with Crippen LogP contribution in [0.25, 0.3) is 0 Å². The highest BCUT2D eigenvalue weighted by atomic mass is 16.5. The van der Waals surface area contributed by atoms with E-state index in [1.54, 1.807) is 7.05 Å². The van der Waals surface area contributed by atoms with E-state index in [-0.39, 0.29) is 5.91 Å². The van der Waals surface area contributed by atoms with E-state index in [1.165, 1.54) is 0 Å². The van der Waals surface area contributed by atoms with Crippen molar-refractivity contribution in [3.8, 4) is 0 Å². The first-order chi connectivity index (χ1) is 6.81. The van der Waals surface area contributed by atoms with Gasteiger partial charge in [-0.2, -0.15) is 0 Å². The Labute approximate surface area is 86.4 Å². The molecule has 0 aromatic rings. The monoisotopic (exact) mass is 202 g/mol. The third kappa shape index (κ3) is 9.48. The summed E-state index contributed by atoms with van der Waals surface area (Å²) in [7, 11) is 1.65. The average Bonchev–Trinajstić information content (AvgIpc) is 2.21. The summed E-state index contributed by atoms with van der Waals surface area (Å²) in [6, 6.07) is 0. The van der Waals surface area contributed by atoms with Gasteiger partial charge < -0.3 is 15.4 Å². The van der Waals surface area contributed by atoms with E-state index in [4.69, 9.17) is 4.74 Å². The van der Waals surface area contributed by atoms with Gasteiger partial charge in [-0.15, -0.1) is 0 Å². The Morgan fingerprint density at radius 3 is 2.71 bits per heavy atom. The average molecular weight is 202 g/mol. The highest BCUT2D eigenvalue weighted by molar-refractivity contribution is 5.75. The maximum absolute atomic E-state index is 10.8. The minimum atomic E-state index is 0.0812. The number of hydrogen-bond donors (Lipinski definition) is 2. The maximum atomic E-state index is 10.8. The molecule has 84 valence electrons. The zero-order valence-corrected chi connectivity index (χ0v) is 9.27. The Kier molecular flexibility index (Phi) is 10.0. The molecule has 0 bridgehead atoms. The molecular weight excluding hydrogens is 180 g/mol. The van der Waals surface area contributed by atoms with Crippen molar-refractivity contribution in [1.29, 1.82) is 0 Å². The van der Waals surface area contributed by atoms with Gasteiger partial charge in [0.2, 0.25) is 5.91 Å². The van der Waals surface area contributed by atoms with E-state index in [1.807, 2.05) is 0 Å². The number of carbonyl (C=O) groups excluding carboxylic acids is 1. The van der Waals surface area contributed by atoms with E-state index in [0.717, 1.165) is 32.5 Å². The summed E-state index contributed by atoms with van der Waals surface area (Å²) in [5.74, 6) is 0.0812. The van der Waals surface area contributed by atoms with Crippen LogP contribution in [0, 0.1) is 0 Å². The van der Waals surface area contributed by atoms with Crippen LogP contribution in [0.4, 0.5) is 0 Å². The van der Waals surface area contributed by atoms with E-state index in [0.29, 0.717) is 13.0 Å². The molecule has 0 saturated heterocycles. The van der Waals surface area contributed by atoms with Gasteiger partial charge in [0.25, 0.3) is 0 Å². The molecule has 0 aliphatic carbocycles. The van der Waals surface area contributed by atoms with Crippen LogP contribution < -0.4 is 10.6 Å². The van der Waals surface area contributed by atoms with Crippen LogP contribution in [0.3, 0.4) is 0 Å². The van der Waals surface area contributed by atoms with E-state index < -0.39 is 0 Å². The van der Waals surface area contributed by atoms with Gasteiger partial charge >= 0.3 is 0 Å². The number of ether oxygens (including phenoxy) is 1. The predicted molar refractivity (Wildman–Crippen MR) is 57.3 cm³/mol. The maximum Gasteiger partial charge on any atom is 0.219 e. The smallest absolute Gasteiger partial charge is 0.219 e. The van der Waals surface area contributed by atoms with Crippen molar-refractivity contribution in [2.45, 2.75) is 26.2 Å². The van der Waals surface area contributed by atoms with Crippen LogP contribution in [0.2, 0.25) is 0 Å². The largest absolute Gasteiger partial charge is 0.380 e. The van der Waals surface area contributed by atoms with Gasteiger partial charge in [-0.3, -0.25) is 4.79 Å². The van der Waals surface area contributed by atoms with Crippen LogP contribution >= 0.6 is 0 Å². The molecule has 1 amide bonds. The summed E-state index contributed by atoms with van der Waals surface area (Å²) >= 11 is 0. The van der Waals surface area contributed by atoms with Crippen molar-refractivity contribution in [2.24, 2.45) is 0 Å². The predicted octanol–water partition coefficient (Wildman–Crippen LogP) is 0.529. The minimum Gasteiger partial charge on any atom is -0.380 e. The van der Waals surface area contributed by atoms with Crippen molar-refractivity contribution in [1.82, 2.24) is 10.6 Å². The molecular formula is C10H22N2O2. The zero-order valence-electron chi connectivity index (χ0n) is 9.27. The van der Waals surface area contributed by atoms with Crippen molar-refractivity contribution in [2.75, 3.05) is 33.4 Å². The topological polar surface area (TPSA) is 50.4 Å². The number of nitrogens with one attached hydrogen (secondary N) is 2. The Morgan fingerprint density at radius 2 is 2.07 bits per heavy atom. The standard InChI is InChI=1S/C10H22N2O2/c1-3-6-12-7-9-14-8-4-5-10(13)11-2/h12H,3-9H2,1-2H3,(H,11,13). The highest BCUT2D eigenvalue weighted by Crippen LogP contribution is 1.89. The van der Waals surface area contributed by atoms with Gasteiger partial charge in [0, 0.05) is 26.6 Å². The fourth-order valence-corrected chi connectivity index (χ4v) is 1.01. The number of carbonyl (C=O) groups is 1. The molecule has 0 unspecified atom stereocenters. The van der Waals surface area contributed by atoms with Crippen LogP contribution in [-0.2, 0) is 9.53 Å². The molecule has 0 atom stereocenters. The lowest BCUT2D eigenvalue weighted by Crippen LogP contribution is -2.21. The second-order valence-electron chi connectivity index (χ2n) is 3.14. The molecule has 0 spiro atoms. The molecule has 0 aromatic heterocycles. The lowest BCUT2D eigenvalue weighted by atomic mass is 10.3. The number of amides is 1. The molecule has 4 heteroatoms. The Bertz CT molecular complexity index is 140. The van der Waals surface area contributed by atoms with Crippen LogP contribution in [0.5, 0.6) is 0 Å². The summed E-state index contributed by atoms with van der Waals surface area (Å²) in [5, 5.41) is 5.82. The Morgan fingerprint density at radius 1 is 1.29 bits per heavy atom. The summed E-state index contributed by atoms with van der Waals surface area (Å²) in [6.45, 7) is 5.47. The van der Waals surface area contributed by atoms with Gasteiger partial charge in [-0.25, -0.2) is 0 Å². The minimum absolute atomic E-state index is 0.0812. The quantitative estimate of drug-likeness (QED) is 0.536. The van der Waals surface area contributed by atoms with Gasteiger partial charge in [0.15, 0.2) is 0 Å². The van der Waals surface area contributed by atoms with Gasteiger partial charge in [0.05, 0.1) is 6.61 Å². The van der Waals surface area contributed by atoms with E-state index >= 15 is 0 Å². The first kappa shape index (κ1) is 13.4. The molecule has 0 aliphatic rings. The lowest BCUT2D eigenvalue weighted by Gasteiger charge is -2.04. The summed E-state index contributed by atoms with van der Waals surface area (Å²) in [5.41, 5.74) is 0. The van der Waals surface area contributed by atoms with Gasteiger partial charge in [-0.1, -0.05) is 6.92 Å². The zero-order chi connectivity index (χ0) is 10.6. The van der Waals surface area contributed by atoms with Crippen molar-refractivity contribution in [3.63, 3.8) is 0 Å². The molecule has 14 heavy (non-hydrogen) atoms. The molecule has 4 nitrogen and oxygen atoms in total. The van der Waals surface area contributed by atoms with Gasteiger partial charge in [0.1, 0.15) is 0 Å². The third-order valence-electron chi connectivity index (χ3n) is 1.82. The fraction of sp³-hybridized carbons (Fsp3) is 0.900. The molecule has 0 saturated carbocycles. The second kappa shape index (κ2) is 10.5. The fourth-order valence-electron chi connectivity index (χ4n) is 1.01. The third-order valence-corrected chi connectivity index (χ3v) is 1.82. The summed E-state index contributed by atoms with van der Waals surface area (Å²) < 4.78 is 5.33. The Hall–Kier alpha value is -0.610. The van der Waals surface area contributed by atoms with Gasteiger partial charge in [-0.05, 0) is 19.4 Å². The molecule has 2 N–H and O–H groups in total. The van der Waals surface area contributed by atoms with E-state index in [2.05, 4.69) is 17.6 Å². The summed E-state index contributed by atoms with van der Waals surface area (Å²) in [6.07, 6.45) is 2.50. The van der Waals surface area contributed by atoms with Crippen LogP contribution in [0.15, 0.2) is 0 Å². The molecule has 0 aromatic carbocycles. The molecule has 0 rings (SSSR count). The van der Waals surface area contributed by atoms with Crippen molar-refractivity contribution < 1.29 is 9.53 Å². The highest BCUT2D eigenvalue weighted by Gasteiger charge is 1.96. The first-order valence-corrected chi connectivity index (χ1v) is 5.30. The van der Waals surface area contributed by atoms with Crippen molar-refractivity contribution >= 4 is 5.91 Å². The number of rotatable bonds is 9. The normalized spacial score (nSPS) is 10.1. The second-order valence-corrected chi connectivity index (χ2v) is 3.14. The first-order valence-electron chi connectivity index (χ1n) is 5.30. The molecule has 0 heterocycles. The van der Waals surface area contributed by atoms with Crippen LogP contribution in [0.1, 0.15) is 26.2 Å². The van der Waals surface area contributed by atoms with E-state index in [9.17, 15) is 4.79 Å². The molecule has 0 radical (unpaired) electrons. The van der Waals surface area contributed by atoms with Crippen LogP contribution in [-0.4, -0.2) is 39.3 Å². The van der Waals surface area contributed by atoms with Crippen molar-refractivity contribution in [3.05, 3.63) is 0 Å².